The van der Waals surface area contributed by atoms with E-state index < -0.39 is 0 Å². The number of rotatable bonds is 7. The third-order valence-corrected chi connectivity index (χ3v) is 2.97. The first-order chi connectivity index (χ1) is 9.74. The van der Waals surface area contributed by atoms with Crippen molar-refractivity contribution >= 4 is 0 Å². The van der Waals surface area contributed by atoms with Crippen molar-refractivity contribution in [2.75, 3.05) is 20.3 Å². The Morgan fingerprint density at radius 1 is 1.45 bits per heavy atom. The fraction of sp³-hybridized carbons (Fsp3) is 0.500. The quantitative estimate of drug-likeness (QED) is 0.828. The Hall–Kier alpha value is -1.79. The lowest BCUT2D eigenvalue weighted by molar-refractivity contribution is 0.162. The zero-order valence-electron chi connectivity index (χ0n) is 12.1. The number of ether oxygens (including phenoxy) is 1. The van der Waals surface area contributed by atoms with Gasteiger partial charge >= 0.3 is 0 Å². The Labute approximate surface area is 118 Å². The molecule has 6 nitrogen and oxygen atoms in total. The fourth-order valence-corrected chi connectivity index (χ4v) is 2.04. The summed E-state index contributed by atoms with van der Waals surface area (Å²) in [6, 6.07) is 4.03. The van der Waals surface area contributed by atoms with Gasteiger partial charge in [0.15, 0.2) is 0 Å². The number of nitrogens with zero attached hydrogens (tertiary/aromatic N) is 3. The first-order valence-corrected chi connectivity index (χ1v) is 6.71. The summed E-state index contributed by atoms with van der Waals surface area (Å²) in [5.41, 5.74) is 1.79. The van der Waals surface area contributed by atoms with Crippen LogP contribution in [0.5, 0.6) is 0 Å². The third kappa shape index (κ3) is 3.61. The van der Waals surface area contributed by atoms with Crippen LogP contribution in [0.2, 0.25) is 0 Å². The van der Waals surface area contributed by atoms with Gasteiger partial charge in [0.2, 0.25) is 11.7 Å². The summed E-state index contributed by atoms with van der Waals surface area (Å²) in [4.78, 5) is 8.70. The van der Waals surface area contributed by atoms with Gasteiger partial charge in [-0.05, 0) is 25.1 Å². The number of aryl methyl sites for hydroxylation is 1. The molecule has 0 aromatic carbocycles. The molecule has 20 heavy (non-hydrogen) atoms. The van der Waals surface area contributed by atoms with Gasteiger partial charge in [-0.25, -0.2) is 0 Å². The van der Waals surface area contributed by atoms with Gasteiger partial charge < -0.3 is 14.6 Å². The molecule has 6 heteroatoms. The third-order valence-electron chi connectivity index (χ3n) is 2.97. The Morgan fingerprint density at radius 3 is 3.00 bits per heavy atom. The number of likely N-dealkylation sites (N-methyl/N-ethyl adjacent to an activating group) is 1. The molecular weight excluding hydrogens is 256 g/mol. The molecule has 0 aliphatic heterocycles. The summed E-state index contributed by atoms with van der Waals surface area (Å²) < 4.78 is 10.5. The molecule has 0 aliphatic rings. The van der Waals surface area contributed by atoms with Crippen LogP contribution in [0.25, 0.3) is 11.5 Å². The second-order valence-corrected chi connectivity index (χ2v) is 4.59. The van der Waals surface area contributed by atoms with Crippen molar-refractivity contribution in [2.24, 2.45) is 0 Å². The molecular formula is C14H20N4O2. The van der Waals surface area contributed by atoms with Gasteiger partial charge in [0.25, 0.3) is 0 Å². The monoisotopic (exact) mass is 276 g/mol. The molecule has 2 aromatic heterocycles. The molecule has 0 fully saturated rings. The predicted molar refractivity (Wildman–Crippen MR) is 75.3 cm³/mol. The SMILES string of the molecule is CCNC(COC)Cc1nc(-c2ncccc2C)no1. The highest BCUT2D eigenvalue weighted by molar-refractivity contribution is 5.53. The van der Waals surface area contributed by atoms with Gasteiger partial charge in [0.1, 0.15) is 5.69 Å². The molecule has 0 saturated heterocycles. The second-order valence-electron chi connectivity index (χ2n) is 4.59. The maximum Gasteiger partial charge on any atom is 0.228 e. The lowest BCUT2D eigenvalue weighted by Crippen LogP contribution is -2.35. The minimum Gasteiger partial charge on any atom is -0.383 e. The molecule has 1 unspecified atom stereocenters. The Morgan fingerprint density at radius 2 is 2.30 bits per heavy atom. The zero-order chi connectivity index (χ0) is 14.4. The van der Waals surface area contributed by atoms with Crippen LogP contribution in [0.1, 0.15) is 18.4 Å². The van der Waals surface area contributed by atoms with E-state index in [1.807, 2.05) is 19.1 Å². The van der Waals surface area contributed by atoms with Crippen LogP contribution < -0.4 is 5.32 Å². The number of nitrogens with one attached hydrogen (secondary N) is 1. The lowest BCUT2D eigenvalue weighted by Gasteiger charge is -2.14. The van der Waals surface area contributed by atoms with Gasteiger partial charge in [0, 0.05) is 25.8 Å². The number of pyridine rings is 1. The van der Waals surface area contributed by atoms with Crippen molar-refractivity contribution in [3.05, 3.63) is 29.8 Å². The van der Waals surface area contributed by atoms with E-state index in [1.165, 1.54) is 0 Å². The maximum absolute atomic E-state index is 5.30. The van der Waals surface area contributed by atoms with Crippen molar-refractivity contribution < 1.29 is 9.26 Å². The molecule has 0 amide bonds. The van der Waals surface area contributed by atoms with Gasteiger partial charge in [-0.15, -0.1) is 0 Å². The molecule has 2 rings (SSSR count). The van der Waals surface area contributed by atoms with Crippen molar-refractivity contribution in [1.82, 2.24) is 20.4 Å². The van der Waals surface area contributed by atoms with Crippen LogP contribution in [0.3, 0.4) is 0 Å². The van der Waals surface area contributed by atoms with Gasteiger partial charge in [-0.2, -0.15) is 4.98 Å². The van der Waals surface area contributed by atoms with E-state index in [0.717, 1.165) is 17.8 Å². The first kappa shape index (κ1) is 14.6. The lowest BCUT2D eigenvalue weighted by atomic mass is 10.2. The van der Waals surface area contributed by atoms with Crippen molar-refractivity contribution in [3.63, 3.8) is 0 Å². The normalized spacial score (nSPS) is 12.6. The average molecular weight is 276 g/mol. The summed E-state index contributed by atoms with van der Waals surface area (Å²) in [6.07, 6.45) is 2.37. The van der Waals surface area contributed by atoms with Gasteiger partial charge in [-0.1, -0.05) is 18.1 Å². The number of methoxy groups -OCH3 is 1. The van der Waals surface area contributed by atoms with E-state index in [4.69, 9.17) is 9.26 Å². The molecule has 2 aromatic rings. The maximum atomic E-state index is 5.30. The van der Waals surface area contributed by atoms with Crippen molar-refractivity contribution in [3.8, 4) is 11.5 Å². The van der Waals surface area contributed by atoms with Gasteiger partial charge in [-0.3, -0.25) is 4.98 Å². The minimum atomic E-state index is 0.170. The molecule has 0 aliphatic carbocycles. The standard InChI is InChI=1S/C14H20N4O2/c1-4-15-11(9-19-3)8-12-17-14(18-20-12)13-10(2)6-5-7-16-13/h5-7,11,15H,4,8-9H2,1-3H3. The largest absolute Gasteiger partial charge is 0.383 e. The van der Waals surface area contributed by atoms with E-state index in [0.29, 0.717) is 24.7 Å². The summed E-state index contributed by atoms with van der Waals surface area (Å²) in [5.74, 6) is 1.12. The van der Waals surface area contributed by atoms with Crippen molar-refractivity contribution in [1.29, 1.82) is 0 Å². The van der Waals surface area contributed by atoms with E-state index in [-0.39, 0.29) is 6.04 Å². The van der Waals surface area contributed by atoms with E-state index in [2.05, 4.69) is 27.4 Å². The Kier molecular flexibility index (Phi) is 5.20. The van der Waals surface area contributed by atoms with E-state index in [1.54, 1.807) is 13.3 Å². The molecule has 0 spiro atoms. The Balaban J connectivity index is 2.10. The van der Waals surface area contributed by atoms with Crippen LogP contribution in [0.4, 0.5) is 0 Å². The highest BCUT2D eigenvalue weighted by Gasteiger charge is 2.16. The van der Waals surface area contributed by atoms with E-state index >= 15 is 0 Å². The summed E-state index contributed by atoms with van der Waals surface area (Å²) >= 11 is 0. The minimum absolute atomic E-state index is 0.170. The van der Waals surface area contributed by atoms with Crippen LogP contribution in [-0.4, -0.2) is 41.4 Å². The molecule has 1 atom stereocenters. The predicted octanol–water partition coefficient (Wildman–Crippen LogP) is 1.61. The highest BCUT2D eigenvalue weighted by atomic mass is 16.5. The second kappa shape index (κ2) is 7.12. The zero-order valence-corrected chi connectivity index (χ0v) is 12.1. The average Bonchev–Trinajstić information content (AvgIpc) is 2.88. The summed E-state index contributed by atoms with van der Waals surface area (Å²) in [7, 11) is 1.68. The number of hydrogen-bond acceptors (Lipinski definition) is 6. The van der Waals surface area contributed by atoms with Crippen LogP contribution >= 0.6 is 0 Å². The fourth-order valence-electron chi connectivity index (χ4n) is 2.04. The van der Waals surface area contributed by atoms with E-state index in [9.17, 15) is 0 Å². The molecule has 2 heterocycles. The molecule has 0 radical (unpaired) electrons. The molecule has 0 bridgehead atoms. The topological polar surface area (TPSA) is 73.1 Å². The first-order valence-electron chi connectivity index (χ1n) is 6.71. The number of aromatic nitrogens is 3. The summed E-state index contributed by atoms with van der Waals surface area (Å²) in [6.45, 7) is 5.51. The highest BCUT2D eigenvalue weighted by Crippen LogP contribution is 2.17. The number of hydrogen-bond donors (Lipinski definition) is 1. The van der Waals surface area contributed by atoms with Crippen LogP contribution in [-0.2, 0) is 11.2 Å². The van der Waals surface area contributed by atoms with Crippen molar-refractivity contribution in [2.45, 2.75) is 26.3 Å². The smallest absolute Gasteiger partial charge is 0.228 e. The summed E-state index contributed by atoms with van der Waals surface area (Å²) in [5, 5.41) is 7.33. The van der Waals surface area contributed by atoms with Crippen LogP contribution in [0.15, 0.2) is 22.9 Å². The molecule has 108 valence electrons. The molecule has 1 N–H and O–H groups in total. The Bertz CT molecular complexity index is 535. The molecule has 0 saturated carbocycles. The van der Waals surface area contributed by atoms with Gasteiger partial charge in [0.05, 0.1) is 6.61 Å². The van der Waals surface area contributed by atoms with Crippen LogP contribution in [0, 0.1) is 6.92 Å².